The van der Waals surface area contributed by atoms with Crippen LogP contribution in [0.15, 0.2) is 42.6 Å². The van der Waals surface area contributed by atoms with E-state index in [-0.39, 0.29) is 6.04 Å². The number of pyridine rings is 1. The Kier molecular flexibility index (Phi) is 3.66. The molecule has 1 unspecified atom stereocenters. The molecule has 108 valence electrons. The first-order chi connectivity index (χ1) is 10.1. The van der Waals surface area contributed by atoms with Crippen LogP contribution in [0.1, 0.15) is 37.3 Å². The lowest BCUT2D eigenvalue weighted by Gasteiger charge is -2.17. The summed E-state index contributed by atoms with van der Waals surface area (Å²) in [6.07, 6.45) is 1.64. The van der Waals surface area contributed by atoms with Crippen molar-refractivity contribution in [3.05, 3.63) is 59.0 Å². The van der Waals surface area contributed by atoms with Crippen LogP contribution in [0.2, 0.25) is 5.02 Å². The summed E-state index contributed by atoms with van der Waals surface area (Å²) in [6, 6.07) is 11.7. The Morgan fingerprint density at radius 2 is 1.90 bits per heavy atom. The molecule has 2 aromatic heterocycles. The van der Waals surface area contributed by atoms with Crippen molar-refractivity contribution in [1.82, 2.24) is 14.8 Å². The molecule has 0 bridgehead atoms. The first-order valence-corrected chi connectivity index (χ1v) is 7.30. The van der Waals surface area contributed by atoms with Crippen molar-refractivity contribution in [2.24, 2.45) is 5.73 Å². The Bertz CT molecular complexity index is 779. The molecule has 0 amide bonds. The third-order valence-electron chi connectivity index (χ3n) is 3.51. The second kappa shape index (κ2) is 5.47. The number of nitrogens with zero attached hydrogens (tertiary/aromatic N) is 3. The molecule has 0 saturated carbocycles. The molecule has 1 atom stereocenters. The zero-order chi connectivity index (χ0) is 15.0. The van der Waals surface area contributed by atoms with Gasteiger partial charge < -0.3 is 5.73 Å². The van der Waals surface area contributed by atoms with Gasteiger partial charge in [0.1, 0.15) is 0 Å². The van der Waals surface area contributed by atoms with E-state index in [1.54, 1.807) is 6.20 Å². The molecule has 0 aliphatic carbocycles. The fraction of sp³-hybridized carbons (Fsp3) is 0.250. The lowest BCUT2D eigenvalue weighted by atomic mass is 10.1. The van der Waals surface area contributed by atoms with Gasteiger partial charge in [-0.1, -0.05) is 35.9 Å². The predicted octanol–water partition coefficient (Wildman–Crippen LogP) is 3.71. The van der Waals surface area contributed by atoms with Gasteiger partial charge in [0.25, 0.3) is 0 Å². The SMILES string of the molecule is CC(C)n1ncc(Cl)c1C(N)c1ccc2ccccc2n1. The van der Waals surface area contributed by atoms with Crippen LogP contribution in [0.4, 0.5) is 0 Å². The Balaban J connectivity index is 2.08. The van der Waals surface area contributed by atoms with Gasteiger partial charge in [-0.2, -0.15) is 5.10 Å². The molecule has 0 saturated heterocycles. The van der Waals surface area contributed by atoms with Gasteiger partial charge in [-0.15, -0.1) is 0 Å². The van der Waals surface area contributed by atoms with Crippen molar-refractivity contribution in [3.63, 3.8) is 0 Å². The van der Waals surface area contributed by atoms with Crippen molar-refractivity contribution in [2.75, 3.05) is 0 Å². The Morgan fingerprint density at radius 1 is 1.14 bits per heavy atom. The predicted molar refractivity (Wildman–Crippen MR) is 85.4 cm³/mol. The molecular formula is C16H17ClN4. The van der Waals surface area contributed by atoms with Gasteiger partial charge in [-0.3, -0.25) is 9.67 Å². The fourth-order valence-corrected chi connectivity index (χ4v) is 2.70. The maximum Gasteiger partial charge on any atom is 0.0912 e. The number of hydrogen-bond acceptors (Lipinski definition) is 3. The van der Waals surface area contributed by atoms with Gasteiger partial charge in [0.2, 0.25) is 0 Å². The minimum atomic E-state index is -0.396. The average molecular weight is 301 g/mol. The third-order valence-corrected chi connectivity index (χ3v) is 3.80. The summed E-state index contributed by atoms with van der Waals surface area (Å²) < 4.78 is 1.85. The minimum Gasteiger partial charge on any atom is -0.318 e. The molecule has 0 aliphatic rings. The summed E-state index contributed by atoms with van der Waals surface area (Å²) in [4.78, 5) is 4.65. The second-order valence-electron chi connectivity index (χ2n) is 5.32. The summed E-state index contributed by atoms with van der Waals surface area (Å²) in [5, 5.41) is 5.97. The van der Waals surface area contributed by atoms with Crippen LogP contribution in [0.3, 0.4) is 0 Å². The molecule has 2 heterocycles. The van der Waals surface area contributed by atoms with Crippen LogP contribution >= 0.6 is 11.6 Å². The molecule has 1 aromatic carbocycles. The smallest absolute Gasteiger partial charge is 0.0912 e. The number of aromatic nitrogens is 3. The van der Waals surface area contributed by atoms with Crippen LogP contribution in [0.5, 0.6) is 0 Å². The van der Waals surface area contributed by atoms with Crippen molar-refractivity contribution in [3.8, 4) is 0 Å². The number of para-hydroxylation sites is 1. The van der Waals surface area contributed by atoms with E-state index in [1.807, 2.05) is 54.9 Å². The topological polar surface area (TPSA) is 56.7 Å². The first kappa shape index (κ1) is 14.0. The lowest BCUT2D eigenvalue weighted by molar-refractivity contribution is 0.498. The highest BCUT2D eigenvalue weighted by Gasteiger charge is 2.21. The number of hydrogen-bond donors (Lipinski definition) is 1. The zero-order valence-electron chi connectivity index (χ0n) is 12.0. The maximum absolute atomic E-state index is 6.38. The Hall–Kier alpha value is -1.91. The number of fused-ring (bicyclic) bond motifs is 1. The van der Waals surface area contributed by atoms with Gasteiger partial charge in [0.15, 0.2) is 0 Å². The summed E-state index contributed by atoms with van der Waals surface area (Å²) in [5.41, 5.74) is 8.90. The van der Waals surface area contributed by atoms with E-state index in [1.165, 1.54) is 0 Å². The Morgan fingerprint density at radius 3 is 2.67 bits per heavy atom. The molecule has 21 heavy (non-hydrogen) atoms. The summed E-state index contributed by atoms with van der Waals surface area (Å²) in [6.45, 7) is 4.10. The summed E-state index contributed by atoms with van der Waals surface area (Å²) >= 11 is 6.26. The van der Waals surface area contributed by atoms with Crippen LogP contribution in [0, 0.1) is 0 Å². The average Bonchev–Trinajstić information content (AvgIpc) is 2.88. The van der Waals surface area contributed by atoms with E-state index in [0.29, 0.717) is 5.02 Å². The first-order valence-electron chi connectivity index (χ1n) is 6.92. The van der Waals surface area contributed by atoms with Gasteiger partial charge in [0.05, 0.1) is 34.2 Å². The quantitative estimate of drug-likeness (QED) is 0.802. The van der Waals surface area contributed by atoms with E-state index >= 15 is 0 Å². The van der Waals surface area contributed by atoms with Gasteiger partial charge in [0, 0.05) is 11.4 Å². The standard InChI is InChI=1S/C16H17ClN4/c1-10(2)21-16(12(17)9-19-21)15(18)14-8-7-11-5-3-4-6-13(11)20-14/h3-10,15H,18H2,1-2H3. The van der Waals surface area contributed by atoms with E-state index in [4.69, 9.17) is 17.3 Å². The van der Waals surface area contributed by atoms with Gasteiger partial charge in [-0.05, 0) is 26.0 Å². The lowest BCUT2D eigenvalue weighted by Crippen LogP contribution is -2.20. The highest BCUT2D eigenvalue weighted by atomic mass is 35.5. The van der Waals surface area contributed by atoms with Crippen LogP contribution in [-0.4, -0.2) is 14.8 Å². The van der Waals surface area contributed by atoms with Crippen molar-refractivity contribution in [1.29, 1.82) is 0 Å². The minimum absolute atomic E-state index is 0.194. The molecule has 2 N–H and O–H groups in total. The second-order valence-corrected chi connectivity index (χ2v) is 5.73. The summed E-state index contributed by atoms with van der Waals surface area (Å²) in [5.74, 6) is 0. The van der Waals surface area contributed by atoms with Crippen LogP contribution in [-0.2, 0) is 0 Å². The number of rotatable bonds is 3. The van der Waals surface area contributed by atoms with E-state index < -0.39 is 6.04 Å². The number of nitrogens with two attached hydrogens (primary N) is 1. The largest absolute Gasteiger partial charge is 0.318 e. The summed E-state index contributed by atoms with van der Waals surface area (Å²) in [7, 11) is 0. The molecule has 0 aliphatic heterocycles. The van der Waals surface area contributed by atoms with E-state index in [9.17, 15) is 0 Å². The number of halogens is 1. The molecule has 0 radical (unpaired) electrons. The molecule has 5 heteroatoms. The molecule has 3 rings (SSSR count). The maximum atomic E-state index is 6.38. The monoisotopic (exact) mass is 300 g/mol. The molecule has 3 aromatic rings. The zero-order valence-corrected chi connectivity index (χ0v) is 12.7. The normalized spacial score (nSPS) is 13.0. The third kappa shape index (κ3) is 2.52. The van der Waals surface area contributed by atoms with Gasteiger partial charge in [-0.25, -0.2) is 0 Å². The van der Waals surface area contributed by atoms with Crippen LogP contribution in [0.25, 0.3) is 10.9 Å². The van der Waals surface area contributed by atoms with Crippen molar-refractivity contribution in [2.45, 2.75) is 25.9 Å². The molecule has 0 fully saturated rings. The molecular weight excluding hydrogens is 284 g/mol. The molecule has 0 spiro atoms. The van der Waals surface area contributed by atoms with E-state index in [2.05, 4.69) is 10.1 Å². The number of benzene rings is 1. The fourth-order valence-electron chi connectivity index (χ4n) is 2.45. The van der Waals surface area contributed by atoms with Crippen molar-refractivity contribution < 1.29 is 0 Å². The van der Waals surface area contributed by atoms with E-state index in [0.717, 1.165) is 22.3 Å². The van der Waals surface area contributed by atoms with Gasteiger partial charge >= 0.3 is 0 Å². The van der Waals surface area contributed by atoms with Crippen LogP contribution < -0.4 is 5.73 Å². The highest BCUT2D eigenvalue weighted by molar-refractivity contribution is 6.31. The Labute approximate surface area is 128 Å². The molecule has 4 nitrogen and oxygen atoms in total. The highest BCUT2D eigenvalue weighted by Crippen LogP contribution is 2.28. The van der Waals surface area contributed by atoms with Crippen molar-refractivity contribution >= 4 is 22.5 Å².